The summed E-state index contributed by atoms with van der Waals surface area (Å²) < 4.78 is 25.2. The van der Waals surface area contributed by atoms with Crippen molar-refractivity contribution in [2.75, 3.05) is 25.9 Å². The molecule has 0 unspecified atom stereocenters. The molecule has 1 N–H and O–H groups in total. The van der Waals surface area contributed by atoms with Crippen molar-refractivity contribution in [3.63, 3.8) is 0 Å². The Morgan fingerprint density at radius 1 is 1.47 bits per heavy atom. The lowest BCUT2D eigenvalue weighted by Crippen LogP contribution is -2.44. The van der Waals surface area contributed by atoms with Crippen molar-refractivity contribution in [1.29, 1.82) is 0 Å². The van der Waals surface area contributed by atoms with Crippen LogP contribution in [-0.4, -0.2) is 44.7 Å². The first-order chi connectivity index (χ1) is 7.08. The molecule has 1 aliphatic heterocycles. The Kier molecular flexibility index (Phi) is 4.76. The molecule has 88 valence electrons. The molecule has 1 heterocycles. The molecular weight excluding hydrogens is 212 g/mol. The van der Waals surface area contributed by atoms with Gasteiger partial charge in [0.15, 0.2) is 0 Å². The second-order valence-electron chi connectivity index (χ2n) is 3.89. The first kappa shape index (κ1) is 12.7. The fourth-order valence-corrected chi connectivity index (χ4v) is 3.19. The van der Waals surface area contributed by atoms with Crippen LogP contribution in [0.5, 0.6) is 0 Å². The highest BCUT2D eigenvalue weighted by atomic mass is 32.2. The van der Waals surface area contributed by atoms with Crippen LogP contribution in [-0.2, 0) is 10.0 Å². The Morgan fingerprint density at radius 3 is 2.60 bits per heavy atom. The van der Waals surface area contributed by atoms with Gasteiger partial charge in [0.1, 0.15) is 0 Å². The summed E-state index contributed by atoms with van der Waals surface area (Å²) >= 11 is 0. The zero-order chi connectivity index (χ0) is 11.3. The van der Waals surface area contributed by atoms with Crippen molar-refractivity contribution >= 4 is 10.0 Å². The van der Waals surface area contributed by atoms with Gasteiger partial charge in [-0.15, -0.1) is 6.58 Å². The largest absolute Gasteiger partial charge is 0.317 e. The zero-order valence-corrected chi connectivity index (χ0v) is 10.1. The number of nitrogens with one attached hydrogen (secondary N) is 1. The number of rotatable bonds is 5. The Morgan fingerprint density at radius 2 is 2.07 bits per heavy atom. The third-order valence-electron chi connectivity index (χ3n) is 2.84. The predicted molar refractivity (Wildman–Crippen MR) is 62.3 cm³/mol. The monoisotopic (exact) mass is 232 g/mol. The van der Waals surface area contributed by atoms with Gasteiger partial charge >= 0.3 is 0 Å². The van der Waals surface area contributed by atoms with Crippen LogP contribution < -0.4 is 5.32 Å². The molecule has 4 nitrogen and oxygen atoms in total. The van der Waals surface area contributed by atoms with Crippen LogP contribution in [0.25, 0.3) is 0 Å². The van der Waals surface area contributed by atoms with Gasteiger partial charge in [0.25, 0.3) is 0 Å². The lowest BCUT2D eigenvalue weighted by atomic mass is 10.1. The number of hydrogen-bond donors (Lipinski definition) is 1. The predicted octanol–water partition coefficient (Wildman–Crippen LogP) is 0.576. The highest BCUT2D eigenvalue weighted by Crippen LogP contribution is 2.14. The van der Waals surface area contributed by atoms with E-state index in [9.17, 15) is 8.42 Å². The van der Waals surface area contributed by atoms with Gasteiger partial charge in [-0.25, -0.2) is 12.7 Å². The van der Waals surface area contributed by atoms with Crippen LogP contribution in [0.2, 0.25) is 0 Å². The molecule has 0 spiro atoms. The first-order valence-corrected chi connectivity index (χ1v) is 6.96. The molecule has 0 aromatic rings. The molecule has 0 aromatic carbocycles. The van der Waals surface area contributed by atoms with E-state index in [1.165, 1.54) is 4.31 Å². The van der Waals surface area contributed by atoms with E-state index in [0.717, 1.165) is 25.9 Å². The summed E-state index contributed by atoms with van der Waals surface area (Å²) in [4.78, 5) is 0. The Hall–Kier alpha value is -0.390. The van der Waals surface area contributed by atoms with Gasteiger partial charge < -0.3 is 5.32 Å². The van der Waals surface area contributed by atoms with Gasteiger partial charge in [0, 0.05) is 13.1 Å². The summed E-state index contributed by atoms with van der Waals surface area (Å²) in [5.41, 5.74) is 0. The van der Waals surface area contributed by atoms with E-state index < -0.39 is 10.0 Å². The molecule has 1 saturated heterocycles. The average molecular weight is 232 g/mol. The van der Waals surface area contributed by atoms with Crippen LogP contribution in [0.1, 0.15) is 19.3 Å². The van der Waals surface area contributed by atoms with E-state index >= 15 is 0 Å². The zero-order valence-electron chi connectivity index (χ0n) is 9.28. The van der Waals surface area contributed by atoms with E-state index in [-0.39, 0.29) is 11.8 Å². The summed E-state index contributed by atoms with van der Waals surface area (Å²) in [6, 6.07) is 0.168. The topological polar surface area (TPSA) is 49.4 Å². The van der Waals surface area contributed by atoms with Crippen LogP contribution in [0.4, 0.5) is 0 Å². The SMILES string of the molecule is C=CCCS(=O)(=O)N(C)C1CCNCC1. The summed E-state index contributed by atoms with van der Waals surface area (Å²) in [7, 11) is -1.40. The molecule has 0 saturated carbocycles. The van der Waals surface area contributed by atoms with Gasteiger partial charge in [-0.1, -0.05) is 6.08 Å². The van der Waals surface area contributed by atoms with Gasteiger partial charge in [-0.2, -0.15) is 0 Å². The molecule has 5 heteroatoms. The van der Waals surface area contributed by atoms with E-state index in [0.29, 0.717) is 6.42 Å². The highest BCUT2D eigenvalue weighted by molar-refractivity contribution is 7.89. The van der Waals surface area contributed by atoms with Gasteiger partial charge in [-0.3, -0.25) is 0 Å². The van der Waals surface area contributed by atoms with Crippen molar-refractivity contribution in [2.24, 2.45) is 0 Å². The molecule has 0 aliphatic carbocycles. The van der Waals surface area contributed by atoms with E-state index in [2.05, 4.69) is 11.9 Å². The first-order valence-electron chi connectivity index (χ1n) is 5.35. The van der Waals surface area contributed by atoms with Crippen LogP contribution in [0.3, 0.4) is 0 Å². The normalized spacial score (nSPS) is 19.3. The van der Waals surface area contributed by atoms with E-state index in [1.54, 1.807) is 13.1 Å². The Balaban J connectivity index is 2.56. The highest BCUT2D eigenvalue weighted by Gasteiger charge is 2.26. The molecular formula is C10H20N2O2S. The maximum atomic E-state index is 11.8. The number of sulfonamides is 1. The average Bonchev–Trinajstić information content (AvgIpc) is 2.26. The fraction of sp³-hybridized carbons (Fsp3) is 0.800. The van der Waals surface area contributed by atoms with Gasteiger partial charge in [0.05, 0.1) is 5.75 Å². The molecule has 0 amide bonds. The maximum Gasteiger partial charge on any atom is 0.214 e. The molecule has 0 radical (unpaired) electrons. The van der Waals surface area contributed by atoms with Crippen molar-refractivity contribution < 1.29 is 8.42 Å². The summed E-state index contributed by atoms with van der Waals surface area (Å²) in [6.07, 6.45) is 3.99. The van der Waals surface area contributed by atoms with Crippen molar-refractivity contribution in [3.05, 3.63) is 12.7 Å². The smallest absolute Gasteiger partial charge is 0.214 e. The van der Waals surface area contributed by atoms with Crippen LogP contribution in [0, 0.1) is 0 Å². The number of allylic oxidation sites excluding steroid dienone is 1. The quantitative estimate of drug-likeness (QED) is 0.705. The van der Waals surface area contributed by atoms with Gasteiger partial charge in [-0.05, 0) is 32.4 Å². The molecule has 1 fully saturated rings. The molecule has 0 atom stereocenters. The minimum absolute atomic E-state index is 0.168. The Labute approximate surface area is 92.4 Å². The second kappa shape index (κ2) is 5.63. The number of piperidine rings is 1. The van der Waals surface area contributed by atoms with Crippen molar-refractivity contribution in [2.45, 2.75) is 25.3 Å². The lowest BCUT2D eigenvalue weighted by molar-refractivity contribution is 0.296. The minimum Gasteiger partial charge on any atom is -0.317 e. The lowest BCUT2D eigenvalue weighted by Gasteiger charge is -2.30. The molecule has 1 aliphatic rings. The number of hydrogen-bond acceptors (Lipinski definition) is 3. The molecule has 0 bridgehead atoms. The van der Waals surface area contributed by atoms with E-state index in [1.807, 2.05) is 0 Å². The summed E-state index contributed by atoms with van der Waals surface area (Å²) in [5, 5.41) is 3.23. The number of nitrogens with zero attached hydrogens (tertiary/aromatic N) is 1. The summed E-state index contributed by atoms with van der Waals surface area (Å²) in [5.74, 6) is 0.178. The minimum atomic E-state index is -3.09. The van der Waals surface area contributed by atoms with Crippen molar-refractivity contribution in [3.8, 4) is 0 Å². The molecule has 1 rings (SSSR count). The van der Waals surface area contributed by atoms with Crippen molar-refractivity contribution in [1.82, 2.24) is 9.62 Å². The third-order valence-corrected chi connectivity index (χ3v) is 4.77. The molecule has 15 heavy (non-hydrogen) atoms. The van der Waals surface area contributed by atoms with Crippen LogP contribution >= 0.6 is 0 Å². The maximum absolute atomic E-state index is 11.8. The van der Waals surface area contributed by atoms with E-state index in [4.69, 9.17) is 0 Å². The van der Waals surface area contributed by atoms with Crippen LogP contribution in [0.15, 0.2) is 12.7 Å². The molecule has 0 aromatic heterocycles. The summed E-state index contributed by atoms with van der Waals surface area (Å²) in [6.45, 7) is 5.36. The standard InChI is InChI=1S/C10H20N2O2S/c1-3-4-9-15(13,14)12(2)10-5-7-11-8-6-10/h3,10-11H,1,4-9H2,2H3. The Bertz CT molecular complexity index is 295. The fourth-order valence-electron chi connectivity index (χ4n) is 1.77. The third kappa shape index (κ3) is 3.59. The van der Waals surface area contributed by atoms with Gasteiger partial charge in [0.2, 0.25) is 10.0 Å². The second-order valence-corrected chi connectivity index (χ2v) is 6.04.